The molecule has 1 unspecified atom stereocenters. The Hall–Kier alpha value is -1.90. The quantitative estimate of drug-likeness (QED) is 0.815. The van der Waals surface area contributed by atoms with E-state index in [0.29, 0.717) is 35.2 Å². The number of aromatic hydroxyl groups is 1. The Kier molecular flexibility index (Phi) is 4.03. The van der Waals surface area contributed by atoms with E-state index < -0.39 is 0 Å². The predicted octanol–water partition coefficient (Wildman–Crippen LogP) is 4.86. The summed E-state index contributed by atoms with van der Waals surface area (Å²) in [6, 6.07) is 4.00. The highest BCUT2D eigenvalue weighted by Gasteiger charge is 2.41. The minimum absolute atomic E-state index is 0.268. The van der Waals surface area contributed by atoms with E-state index in [4.69, 9.17) is 4.74 Å². The molecule has 3 heteroatoms. The lowest BCUT2D eigenvalue weighted by Gasteiger charge is -2.45. The molecule has 4 atom stereocenters. The number of fused-ring (bicyclic) bond motifs is 3. The molecule has 3 nitrogen and oxygen atoms in total. The lowest BCUT2D eigenvalue weighted by Crippen LogP contribution is -2.36. The van der Waals surface area contributed by atoms with Gasteiger partial charge in [-0.15, -0.1) is 0 Å². The standard InChI is InChI=1S/C21H26O3/c1-24-21-11-14-10-18(13-6-8-15(22)9-7-13)16-4-2-3-5-17(16)19(14)12-20(21)23/h6,8-9,11-13,16-18,22-23H,2-5,7,10H2,1H3/t13?,16-,17+,18-/m0/s1. The summed E-state index contributed by atoms with van der Waals surface area (Å²) >= 11 is 0. The summed E-state index contributed by atoms with van der Waals surface area (Å²) in [5, 5.41) is 19.9. The van der Waals surface area contributed by atoms with Gasteiger partial charge in [0, 0.05) is 0 Å². The van der Waals surface area contributed by atoms with Gasteiger partial charge >= 0.3 is 0 Å². The molecule has 1 aromatic rings. The smallest absolute Gasteiger partial charge is 0.160 e. The van der Waals surface area contributed by atoms with Gasteiger partial charge in [-0.05, 0) is 84.8 Å². The number of hydrogen-bond donors (Lipinski definition) is 2. The summed E-state index contributed by atoms with van der Waals surface area (Å²) in [5.74, 6) is 3.59. The van der Waals surface area contributed by atoms with Crippen LogP contribution in [-0.4, -0.2) is 17.3 Å². The zero-order valence-corrected chi connectivity index (χ0v) is 14.2. The number of aliphatic hydroxyl groups excluding tert-OH is 1. The molecule has 3 aliphatic carbocycles. The fourth-order valence-electron chi connectivity index (χ4n) is 5.19. The minimum atomic E-state index is 0.268. The molecule has 128 valence electrons. The van der Waals surface area contributed by atoms with Crippen molar-refractivity contribution < 1.29 is 14.9 Å². The number of methoxy groups -OCH3 is 1. The molecule has 1 saturated carbocycles. The van der Waals surface area contributed by atoms with Crippen LogP contribution >= 0.6 is 0 Å². The van der Waals surface area contributed by atoms with Crippen LogP contribution in [0, 0.1) is 17.8 Å². The molecule has 1 fully saturated rings. The monoisotopic (exact) mass is 326 g/mol. The van der Waals surface area contributed by atoms with Crippen molar-refractivity contribution >= 4 is 0 Å². The van der Waals surface area contributed by atoms with Crippen LogP contribution in [0.25, 0.3) is 0 Å². The van der Waals surface area contributed by atoms with E-state index in [1.165, 1.54) is 36.8 Å². The number of phenols is 1. The van der Waals surface area contributed by atoms with Crippen LogP contribution in [0.3, 0.4) is 0 Å². The molecule has 0 aliphatic heterocycles. The Morgan fingerprint density at radius 2 is 1.92 bits per heavy atom. The second-order valence-corrected chi connectivity index (χ2v) is 7.53. The average Bonchev–Trinajstić information content (AvgIpc) is 2.61. The molecule has 3 aliphatic rings. The number of allylic oxidation sites excluding steroid dienone is 3. The molecule has 4 rings (SSSR count). The Morgan fingerprint density at radius 1 is 1.08 bits per heavy atom. The zero-order chi connectivity index (χ0) is 16.7. The van der Waals surface area contributed by atoms with Gasteiger partial charge in [0.25, 0.3) is 0 Å². The van der Waals surface area contributed by atoms with E-state index in [1.54, 1.807) is 7.11 Å². The van der Waals surface area contributed by atoms with E-state index in [1.807, 2.05) is 24.3 Å². The lowest BCUT2D eigenvalue weighted by atomic mass is 9.59. The fraction of sp³-hybridized carbons (Fsp3) is 0.524. The highest BCUT2D eigenvalue weighted by atomic mass is 16.5. The molecule has 0 bridgehead atoms. The van der Waals surface area contributed by atoms with Crippen molar-refractivity contribution in [2.45, 2.75) is 44.4 Å². The van der Waals surface area contributed by atoms with Gasteiger partial charge in [0.1, 0.15) is 5.76 Å². The predicted molar refractivity (Wildman–Crippen MR) is 94.5 cm³/mol. The maximum absolute atomic E-state index is 10.2. The molecule has 1 aromatic carbocycles. The van der Waals surface area contributed by atoms with Crippen molar-refractivity contribution in [3.05, 3.63) is 47.2 Å². The highest BCUT2D eigenvalue weighted by molar-refractivity contribution is 5.49. The van der Waals surface area contributed by atoms with Crippen molar-refractivity contribution in [3.63, 3.8) is 0 Å². The van der Waals surface area contributed by atoms with Crippen molar-refractivity contribution in [2.75, 3.05) is 7.11 Å². The highest BCUT2D eigenvalue weighted by Crippen LogP contribution is 2.52. The lowest BCUT2D eigenvalue weighted by molar-refractivity contribution is 0.155. The second-order valence-electron chi connectivity index (χ2n) is 7.53. The Morgan fingerprint density at radius 3 is 2.67 bits per heavy atom. The molecule has 0 amide bonds. The van der Waals surface area contributed by atoms with Gasteiger partial charge in [0.05, 0.1) is 7.11 Å². The Labute approximate surface area is 143 Å². The van der Waals surface area contributed by atoms with E-state index in [-0.39, 0.29) is 5.75 Å². The van der Waals surface area contributed by atoms with Gasteiger partial charge in [0.15, 0.2) is 11.5 Å². The average molecular weight is 326 g/mol. The van der Waals surface area contributed by atoms with Crippen LogP contribution in [-0.2, 0) is 6.42 Å². The first kappa shape index (κ1) is 15.6. The van der Waals surface area contributed by atoms with Crippen molar-refractivity contribution in [3.8, 4) is 11.5 Å². The van der Waals surface area contributed by atoms with E-state index in [2.05, 4.69) is 6.08 Å². The molecule has 0 saturated heterocycles. The van der Waals surface area contributed by atoms with Gasteiger partial charge in [-0.1, -0.05) is 18.9 Å². The van der Waals surface area contributed by atoms with Gasteiger partial charge in [0.2, 0.25) is 0 Å². The summed E-state index contributed by atoms with van der Waals surface area (Å²) in [6.07, 6.45) is 13.1. The molecule has 0 spiro atoms. The van der Waals surface area contributed by atoms with Crippen LogP contribution in [0.4, 0.5) is 0 Å². The summed E-state index contributed by atoms with van der Waals surface area (Å²) in [5.41, 5.74) is 2.68. The first-order valence-electron chi connectivity index (χ1n) is 9.14. The minimum Gasteiger partial charge on any atom is -0.508 e. The van der Waals surface area contributed by atoms with E-state index in [0.717, 1.165) is 12.8 Å². The zero-order valence-electron chi connectivity index (χ0n) is 14.2. The molecule has 0 radical (unpaired) electrons. The van der Waals surface area contributed by atoms with Crippen LogP contribution < -0.4 is 4.74 Å². The largest absolute Gasteiger partial charge is 0.508 e. The number of phenolic OH excluding ortho intramolecular Hbond substituents is 1. The first-order chi connectivity index (χ1) is 11.7. The molecular formula is C21H26O3. The van der Waals surface area contributed by atoms with Crippen LogP contribution in [0.15, 0.2) is 36.1 Å². The molecular weight excluding hydrogens is 300 g/mol. The number of hydrogen-bond acceptors (Lipinski definition) is 3. The van der Waals surface area contributed by atoms with Gasteiger partial charge in [-0.25, -0.2) is 0 Å². The number of rotatable bonds is 2. The van der Waals surface area contributed by atoms with Crippen molar-refractivity contribution in [2.24, 2.45) is 17.8 Å². The third-order valence-electron chi connectivity index (χ3n) is 6.33. The number of ether oxygens (including phenoxy) is 1. The molecule has 2 N–H and O–H groups in total. The van der Waals surface area contributed by atoms with E-state index >= 15 is 0 Å². The van der Waals surface area contributed by atoms with Crippen LogP contribution in [0.5, 0.6) is 11.5 Å². The Balaban J connectivity index is 1.71. The SMILES string of the molecule is COc1cc2c(cc1O)[C@@H]1CCCC[C@@H]1[C@H](C1C=CC(O)=CC1)C2. The number of benzene rings is 1. The van der Waals surface area contributed by atoms with Gasteiger partial charge in [-0.3, -0.25) is 0 Å². The second kappa shape index (κ2) is 6.19. The van der Waals surface area contributed by atoms with Crippen molar-refractivity contribution in [1.82, 2.24) is 0 Å². The topological polar surface area (TPSA) is 49.7 Å². The summed E-state index contributed by atoms with van der Waals surface area (Å²) < 4.78 is 5.34. The molecule has 0 heterocycles. The number of aliphatic hydroxyl groups is 1. The van der Waals surface area contributed by atoms with Crippen LogP contribution in [0.1, 0.15) is 49.1 Å². The molecule has 24 heavy (non-hydrogen) atoms. The molecule has 0 aromatic heterocycles. The summed E-state index contributed by atoms with van der Waals surface area (Å²) in [7, 11) is 1.61. The first-order valence-corrected chi connectivity index (χ1v) is 9.14. The van der Waals surface area contributed by atoms with Gasteiger partial charge in [-0.2, -0.15) is 0 Å². The van der Waals surface area contributed by atoms with Crippen molar-refractivity contribution in [1.29, 1.82) is 0 Å². The van der Waals surface area contributed by atoms with Gasteiger partial charge < -0.3 is 14.9 Å². The summed E-state index contributed by atoms with van der Waals surface area (Å²) in [6.45, 7) is 0. The third kappa shape index (κ3) is 2.60. The van der Waals surface area contributed by atoms with E-state index in [9.17, 15) is 10.2 Å². The maximum Gasteiger partial charge on any atom is 0.160 e. The fourth-order valence-corrected chi connectivity index (χ4v) is 5.19. The van der Waals surface area contributed by atoms with Crippen LogP contribution in [0.2, 0.25) is 0 Å². The summed E-state index contributed by atoms with van der Waals surface area (Å²) in [4.78, 5) is 0. The maximum atomic E-state index is 10.2. The normalized spacial score (nSPS) is 31.8. The third-order valence-corrected chi connectivity index (χ3v) is 6.33. The Bertz CT molecular complexity index is 689.